The lowest BCUT2D eigenvalue weighted by Gasteiger charge is -2.23. The van der Waals surface area contributed by atoms with Gasteiger partial charge in [0.25, 0.3) is 0 Å². The van der Waals surface area contributed by atoms with Crippen molar-refractivity contribution >= 4 is 0 Å². The topological polar surface area (TPSA) is 0 Å². The Morgan fingerprint density at radius 2 is 1.92 bits per heavy atom. The molecule has 0 saturated carbocycles. The van der Waals surface area contributed by atoms with Crippen LogP contribution in [0.15, 0.2) is 23.6 Å². The molecule has 0 aromatic rings. The van der Waals surface area contributed by atoms with E-state index in [1.54, 1.807) is 0 Å². The van der Waals surface area contributed by atoms with Crippen molar-refractivity contribution in [1.29, 1.82) is 0 Å². The molecule has 0 spiro atoms. The van der Waals surface area contributed by atoms with E-state index < -0.39 is 29.1 Å². The Morgan fingerprint density at radius 1 is 1.42 bits per heavy atom. The third kappa shape index (κ3) is 1.15. The second-order valence-corrected chi connectivity index (χ2v) is 2.79. The Bertz CT molecular complexity index is 262. The van der Waals surface area contributed by atoms with Crippen molar-refractivity contribution < 1.29 is 17.6 Å². The predicted octanol–water partition coefficient (Wildman–Crippen LogP) is 3.18. The first kappa shape index (κ1) is 9.29. The van der Waals surface area contributed by atoms with Gasteiger partial charge in [0, 0.05) is 5.92 Å². The molecule has 1 aliphatic rings. The molecule has 67 valence electrons. The summed E-state index contributed by atoms with van der Waals surface area (Å²) in [6, 6.07) is 0. The first-order valence-corrected chi connectivity index (χ1v) is 3.32. The number of hydrogen-bond acceptors (Lipinski definition) is 0. The lowest BCUT2D eigenvalue weighted by Crippen LogP contribution is -2.25. The second kappa shape index (κ2) is 2.61. The van der Waals surface area contributed by atoms with E-state index in [0.29, 0.717) is 13.0 Å². The smallest absolute Gasteiger partial charge is 0.212 e. The molecule has 0 bridgehead atoms. The maximum Gasteiger partial charge on any atom is 0.212 e. The molecule has 2 unspecified atom stereocenters. The molecule has 2 atom stereocenters. The van der Waals surface area contributed by atoms with Gasteiger partial charge in [-0.1, -0.05) is 0 Å². The van der Waals surface area contributed by atoms with E-state index in [2.05, 4.69) is 6.92 Å². The van der Waals surface area contributed by atoms with Crippen molar-refractivity contribution in [1.82, 2.24) is 0 Å². The summed E-state index contributed by atoms with van der Waals surface area (Å²) < 4.78 is 50.9. The second-order valence-electron chi connectivity index (χ2n) is 2.79. The van der Waals surface area contributed by atoms with E-state index in [1.165, 1.54) is 0 Å². The lowest BCUT2D eigenvalue weighted by atomic mass is 9.93. The van der Waals surface area contributed by atoms with E-state index in [-0.39, 0.29) is 0 Å². The van der Waals surface area contributed by atoms with Crippen LogP contribution in [0.2, 0.25) is 0 Å². The van der Waals surface area contributed by atoms with Crippen LogP contribution in [0.4, 0.5) is 17.6 Å². The van der Waals surface area contributed by atoms with Gasteiger partial charge in [0.05, 0.1) is 0 Å². The highest BCUT2D eigenvalue weighted by molar-refractivity contribution is 5.33. The number of halogens is 4. The van der Waals surface area contributed by atoms with Gasteiger partial charge in [0.2, 0.25) is 5.67 Å². The summed E-state index contributed by atoms with van der Waals surface area (Å²) >= 11 is 0. The van der Waals surface area contributed by atoms with Gasteiger partial charge in [0.1, 0.15) is 11.7 Å². The van der Waals surface area contributed by atoms with E-state index in [9.17, 15) is 17.6 Å². The third-order valence-corrected chi connectivity index (χ3v) is 1.74. The fraction of sp³-hybridized carbons (Fsp3) is 0.375. The maximum atomic E-state index is 12.9. The molecule has 0 aromatic carbocycles. The standard InChI is InChI=1S/C8H7F4/c1-4-3-5(9)8(2,12)7(11)6(4)10/h3-4H,1H2,2H3. The fourth-order valence-corrected chi connectivity index (χ4v) is 0.898. The minimum Gasteiger partial charge on any atom is -0.228 e. The average Bonchev–Trinajstić information content (AvgIpc) is 1.99. The molecular weight excluding hydrogens is 172 g/mol. The van der Waals surface area contributed by atoms with Crippen LogP contribution in [0.5, 0.6) is 0 Å². The van der Waals surface area contributed by atoms with Crippen molar-refractivity contribution in [2.24, 2.45) is 5.92 Å². The lowest BCUT2D eigenvalue weighted by molar-refractivity contribution is 0.186. The van der Waals surface area contributed by atoms with Crippen LogP contribution in [-0.4, -0.2) is 5.67 Å². The third-order valence-electron chi connectivity index (χ3n) is 1.74. The van der Waals surface area contributed by atoms with Crippen LogP contribution < -0.4 is 0 Å². The normalized spacial score (nSPS) is 36.8. The van der Waals surface area contributed by atoms with Crippen molar-refractivity contribution in [3.05, 3.63) is 30.5 Å². The van der Waals surface area contributed by atoms with Gasteiger partial charge in [-0.2, -0.15) is 0 Å². The van der Waals surface area contributed by atoms with Crippen molar-refractivity contribution in [2.75, 3.05) is 0 Å². The summed E-state index contributed by atoms with van der Waals surface area (Å²) in [4.78, 5) is 0. The zero-order chi connectivity index (χ0) is 9.52. The summed E-state index contributed by atoms with van der Waals surface area (Å²) in [6.45, 7) is 3.71. The van der Waals surface area contributed by atoms with Crippen LogP contribution >= 0.6 is 0 Å². The number of allylic oxidation sites excluding steroid dienone is 4. The molecule has 1 aliphatic carbocycles. The molecule has 1 rings (SSSR count). The van der Waals surface area contributed by atoms with Crippen LogP contribution in [0, 0.1) is 12.8 Å². The highest BCUT2D eigenvalue weighted by atomic mass is 19.2. The Morgan fingerprint density at radius 3 is 2.42 bits per heavy atom. The van der Waals surface area contributed by atoms with Gasteiger partial charge in [0.15, 0.2) is 5.83 Å². The van der Waals surface area contributed by atoms with Crippen LogP contribution in [0.3, 0.4) is 0 Å². The molecule has 0 saturated heterocycles. The van der Waals surface area contributed by atoms with Gasteiger partial charge in [-0.15, -0.1) is 0 Å². The number of hydrogen-bond donors (Lipinski definition) is 0. The predicted molar refractivity (Wildman–Crippen MR) is 36.8 cm³/mol. The first-order valence-electron chi connectivity index (χ1n) is 3.32. The van der Waals surface area contributed by atoms with Crippen molar-refractivity contribution in [3.63, 3.8) is 0 Å². The molecule has 0 N–H and O–H groups in total. The number of alkyl halides is 1. The van der Waals surface area contributed by atoms with E-state index in [4.69, 9.17) is 0 Å². The Hall–Kier alpha value is -0.800. The zero-order valence-corrected chi connectivity index (χ0v) is 6.37. The van der Waals surface area contributed by atoms with Gasteiger partial charge in [-0.3, -0.25) is 0 Å². The molecule has 0 fully saturated rings. The van der Waals surface area contributed by atoms with Crippen LogP contribution in [0.25, 0.3) is 0 Å². The molecule has 1 radical (unpaired) electrons. The fourth-order valence-electron chi connectivity index (χ4n) is 0.898. The van der Waals surface area contributed by atoms with E-state index in [0.717, 1.165) is 0 Å². The summed E-state index contributed by atoms with van der Waals surface area (Å²) in [5.74, 6) is -5.67. The monoisotopic (exact) mass is 179 g/mol. The molecule has 0 amide bonds. The van der Waals surface area contributed by atoms with Crippen molar-refractivity contribution in [2.45, 2.75) is 12.6 Å². The van der Waals surface area contributed by atoms with Gasteiger partial charge in [-0.25, -0.2) is 17.6 Å². The Labute approximate surface area is 67.6 Å². The highest BCUT2D eigenvalue weighted by Gasteiger charge is 2.42. The van der Waals surface area contributed by atoms with E-state index >= 15 is 0 Å². The average molecular weight is 179 g/mol. The molecular formula is C8H7F4. The summed E-state index contributed by atoms with van der Waals surface area (Å²) in [5.41, 5.74) is -2.96. The summed E-state index contributed by atoms with van der Waals surface area (Å²) in [6.07, 6.45) is 0.623. The maximum absolute atomic E-state index is 12.9. The zero-order valence-electron chi connectivity index (χ0n) is 6.37. The van der Waals surface area contributed by atoms with Gasteiger partial charge < -0.3 is 0 Å². The highest BCUT2D eigenvalue weighted by Crippen LogP contribution is 2.41. The molecule has 4 heteroatoms. The largest absolute Gasteiger partial charge is 0.228 e. The van der Waals surface area contributed by atoms with Crippen LogP contribution in [-0.2, 0) is 0 Å². The SMILES string of the molecule is [CH2]C1C=C(F)C(C)(F)C(F)=C1F. The molecule has 0 aliphatic heterocycles. The quantitative estimate of drug-likeness (QED) is 0.501. The molecule has 12 heavy (non-hydrogen) atoms. The first-order chi connectivity index (χ1) is 5.37. The minimum atomic E-state index is -2.96. The van der Waals surface area contributed by atoms with E-state index in [1.807, 2.05) is 0 Å². The summed E-state index contributed by atoms with van der Waals surface area (Å²) in [7, 11) is 0. The summed E-state index contributed by atoms with van der Waals surface area (Å²) in [5, 5.41) is 0. The molecule has 0 heterocycles. The number of rotatable bonds is 0. The molecule has 0 aromatic heterocycles. The minimum absolute atomic E-state index is 0.623. The Balaban J connectivity index is 3.16. The van der Waals surface area contributed by atoms with Crippen LogP contribution in [0.1, 0.15) is 6.92 Å². The molecule has 0 nitrogen and oxygen atoms in total. The van der Waals surface area contributed by atoms with Crippen molar-refractivity contribution in [3.8, 4) is 0 Å². The Kier molecular flexibility index (Phi) is 2.02. The van der Waals surface area contributed by atoms with Gasteiger partial charge >= 0.3 is 0 Å². The van der Waals surface area contributed by atoms with Gasteiger partial charge in [-0.05, 0) is 19.9 Å².